The second-order valence-electron chi connectivity index (χ2n) is 3.40. The molecule has 1 unspecified atom stereocenters. The third kappa shape index (κ3) is 4.10. The second-order valence-corrected chi connectivity index (χ2v) is 3.40. The van der Waals surface area contributed by atoms with Gasteiger partial charge in [0.15, 0.2) is 6.29 Å². The molecule has 0 aliphatic carbocycles. The summed E-state index contributed by atoms with van der Waals surface area (Å²) >= 11 is 0. The lowest BCUT2D eigenvalue weighted by molar-refractivity contribution is -0.0480. The Morgan fingerprint density at radius 2 is 2.00 bits per heavy atom. The molecule has 1 aromatic carbocycles. The van der Waals surface area contributed by atoms with Gasteiger partial charge >= 0.3 is 0 Å². The molecule has 1 atom stereocenters. The number of aliphatic hydroxyl groups is 2. The quantitative estimate of drug-likeness (QED) is 0.509. The molecule has 0 aliphatic heterocycles. The first-order valence-corrected chi connectivity index (χ1v) is 4.77. The molecule has 15 heavy (non-hydrogen) atoms. The van der Waals surface area contributed by atoms with Crippen LogP contribution in [0.25, 0.3) is 0 Å². The van der Waals surface area contributed by atoms with Crippen LogP contribution >= 0.6 is 0 Å². The van der Waals surface area contributed by atoms with E-state index in [2.05, 4.69) is 4.99 Å². The molecule has 1 rings (SSSR count). The maximum absolute atomic E-state index is 9.42. The lowest BCUT2D eigenvalue weighted by Crippen LogP contribution is -2.12. The van der Waals surface area contributed by atoms with E-state index >= 15 is 0 Å². The summed E-state index contributed by atoms with van der Waals surface area (Å²) in [7, 11) is 0. The molecule has 0 amide bonds. The Hall–Kier alpha value is -1.39. The number of hydrogen-bond acceptors (Lipinski definition) is 4. The first kappa shape index (κ1) is 11.7. The van der Waals surface area contributed by atoms with Gasteiger partial charge in [-0.25, -0.2) is 0 Å². The van der Waals surface area contributed by atoms with Gasteiger partial charge in [-0.2, -0.15) is 0 Å². The Bertz CT molecular complexity index is 336. The predicted molar refractivity (Wildman–Crippen MR) is 58.0 cm³/mol. The van der Waals surface area contributed by atoms with Crippen molar-refractivity contribution in [1.29, 1.82) is 0 Å². The zero-order valence-electron chi connectivity index (χ0n) is 8.54. The van der Waals surface area contributed by atoms with E-state index in [0.29, 0.717) is 5.56 Å². The molecule has 0 fully saturated rings. The normalized spacial score (nSPS) is 13.6. The van der Waals surface area contributed by atoms with Crippen LogP contribution in [0.5, 0.6) is 5.75 Å². The van der Waals surface area contributed by atoms with Crippen LogP contribution in [-0.2, 0) is 0 Å². The molecule has 0 aliphatic rings. The van der Waals surface area contributed by atoms with Crippen molar-refractivity contribution in [3.63, 3.8) is 0 Å². The number of aliphatic hydroxyl groups excluding tert-OH is 1. The molecule has 0 radical (unpaired) electrons. The van der Waals surface area contributed by atoms with E-state index < -0.39 is 6.29 Å². The third-order valence-corrected chi connectivity index (χ3v) is 1.96. The summed E-state index contributed by atoms with van der Waals surface area (Å²) < 4.78 is 0. The lowest BCUT2D eigenvalue weighted by atomic mass is 10.2. The highest BCUT2D eigenvalue weighted by atomic mass is 16.5. The molecular weight excluding hydrogens is 194 g/mol. The van der Waals surface area contributed by atoms with E-state index in [9.17, 15) is 5.11 Å². The van der Waals surface area contributed by atoms with Crippen molar-refractivity contribution in [1.82, 2.24) is 0 Å². The van der Waals surface area contributed by atoms with Crippen molar-refractivity contribution in [2.24, 2.45) is 4.99 Å². The average molecular weight is 209 g/mol. The fraction of sp³-hybridized carbons (Fsp3) is 0.364. The largest absolute Gasteiger partial charge is 0.507 e. The van der Waals surface area contributed by atoms with Crippen molar-refractivity contribution < 1.29 is 15.3 Å². The van der Waals surface area contributed by atoms with Crippen LogP contribution in [0.3, 0.4) is 0 Å². The summed E-state index contributed by atoms with van der Waals surface area (Å²) in [4.78, 5) is 4.09. The molecule has 0 saturated heterocycles. The summed E-state index contributed by atoms with van der Waals surface area (Å²) in [6, 6.07) is 6.65. The average Bonchev–Trinajstić information content (AvgIpc) is 2.15. The molecule has 0 spiro atoms. The minimum Gasteiger partial charge on any atom is -0.507 e. The number of phenols is 1. The SMILES string of the molecule is CC(CC(O)O)N=Cc1ccccc1O. The van der Waals surface area contributed by atoms with Gasteiger partial charge in [-0.1, -0.05) is 12.1 Å². The minimum atomic E-state index is -1.35. The fourth-order valence-electron chi connectivity index (χ4n) is 1.17. The summed E-state index contributed by atoms with van der Waals surface area (Å²) in [5.41, 5.74) is 0.622. The fourth-order valence-corrected chi connectivity index (χ4v) is 1.17. The van der Waals surface area contributed by atoms with Gasteiger partial charge in [0.1, 0.15) is 5.75 Å². The first-order chi connectivity index (χ1) is 7.09. The van der Waals surface area contributed by atoms with Crippen LogP contribution < -0.4 is 0 Å². The van der Waals surface area contributed by atoms with Gasteiger partial charge in [-0.15, -0.1) is 0 Å². The number of rotatable bonds is 4. The zero-order chi connectivity index (χ0) is 11.3. The third-order valence-electron chi connectivity index (χ3n) is 1.96. The van der Waals surface area contributed by atoms with Crippen LogP contribution in [0.15, 0.2) is 29.3 Å². The van der Waals surface area contributed by atoms with Gasteiger partial charge in [0, 0.05) is 18.2 Å². The summed E-state index contributed by atoms with van der Waals surface area (Å²) in [5, 5.41) is 26.8. The summed E-state index contributed by atoms with van der Waals surface area (Å²) in [6.45, 7) is 1.77. The van der Waals surface area contributed by atoms with E-state index in [1.54, 1.807) is 31.2 Å². The molecule has 0 bridgehead atoms. The Kier molecular flexibility index (Phi) is 4.27. The molecule has 1 aromatic rings. The Morgan fingerprint density at radius 3 is 2.60 bits per heavy atom. The molecule has 4 heteroatoms. The van der Waals surface area contributed by atoms with Gasteiger partial charge < -0.3 is 15.3 Å². The van der Waals surface area contributed by atoms with Crippen molar-refractivity contribution in [2.75, 3.05) is 0 Å². The Balaban J connectivity index is 2.61. The van der Waals surface area contributed by atoms with E-state index in [1.165, 1.54) is 6.21 Å². The molecule has 82 valence electrons. The highest BCUT2D eigenvalue weighted by Gasteiger charge is 2.04. The number of phenolic OH excluding ortho intramolecular Hbond substituents is 1. The van der Waals surface area contributed by atoms with E-state index in [0.717, 1.165) is 0 Å². The highest BCUT2D eigenvalue weighted by Crippen LogP contribution is 2.13. The zero-order valence-corrected chi connectivity index (χ0v) is 8.54. The van der Waals surface area contributed by atoms with Crippen LogP contribution in [0.2, 0.25) is 0 Å². The van der Waals surface area contributed by atoms with Gasteiger partial charge in [0.05, 0.1) is 6.04 Å². The number of para-hydroxylation sites is 1. The lowest BCUT2D eigenvalue weighted by Gasteiger charge is -2.07. The minimum absolute atomic E-state index is 0.165. The van der Waals surface area contributed by atoms with Crippen LogP contribution in [0.1, 0.15) is 18.9 Å². The summed E-state index contributed by atoms with van der Waals surface area (Å²) in [5.74, 6) is 0.165. The van der Waals surface area contributed by atoms with Crippen molar-refractivity contribution in [2.45, 2.75) is 25.7 Å². The van der Waals surface area contributed by atoms with E-state index in [4.69, 9.17) is 10.2 Å². The predicted octanol–water partition coefficient (Wildman–Crippen LogP) is 0.900. The number of benzene rings is 1. The Labute approximate surface area is 88.5 Å². The maximum Gasteiger partial charge on any atom is 0.153 e. The van der Waals surface area contributed by atoms with Crippen molar-refractivity contribution in [3.05, 3.63) is 29.8 Å². The number of nitrogens with zero attached hydrogens (tertiary/aromatic N) is 1. The van der Waals surface area contributed by atoms with Gasteiger partial charge in [0.25, 0.3) is 0 Å². The Morgan fingerprint density at radius 1 is 1.33 bits per heavy atom. The van der Waals surface area contributed by atoms with E-state index in [1.807, 2.05) is 0 Å². The summed E-state index contributed by atoms with van der Waals surface area (Å²) in [6.07, 6.45) is 0.369. The van der Waals surface area contributed by atoms with Crippen LogP contribution in [-0.4, -0.2) is 33.9 Å². The maximum atomic E-state index is 9.42. The van der Waals surface area contributed by atoms with Gasteiger partial charge in [-0.05, 0) is 19.1 Å². The molecule has 0 aromatic heterocycles. The van der Waals surface area contributed by atoms with Crippen molar-refractivity contribution >= 4 is 6.21 Å². The number of hydrogen-bond donors (Lipinski definition) is 3. The van der Waals surface area contributed by atoms with E-state index in [-0.39, 0.29) is 18.2 Å². The monoisotopic (exact) mass is 209 g/mol. The number of aliphatic imine (C=N–C) groups is 1. The molecular formula is C11H15NO3. The topological polar surface area (TPSA) is 73.0 Å². The molecule has 3 N–H and O–H groups in total. The second kappa shape index (κ2) is 5.48. The molecule has 0 heterocycles. The first-order valence-electron chi connectivity index (χ1n) is 4.77. The van der Waals surface area contributed by atoms with Crippen LogP contribution in [0.4, 0.5) is 0 Å². The highest BCUT2D eigenvalue weighted by molar-refractivity contribution is 5.83. The number of aromatic hydroxyl groups is 1. The van der Waals surface area contributed by atoms with Crippen molar-refractivity contribution in [3.8, 4) is 5.75 Å². The molecule has 4 nitrogen and oxygen atoms in total. The van der Waals surface area contributed by atoms with Gasteiger partial charge in [0.2, 0.25) is 0 Å². The molecule has 0 saturated carbocycles. The standard InChI is InChI=1S/C11H15NO3/c1-8(6-11(14)15)12-7-9-4-2-3-5-10(9)13/h2-5,7-8,11,13-15H,6H2,1H3. The van der Waals surface area contributed by atoms with Gasteiger partial charge in [-0.3, -0.25) is 4.99 Å². The smallest absolute Gasteiger partial charge is 0.153 e. The van der Waals surface area contributed by atoms with Crippen LogP contribution in [0, 0.1) is 0 Å².